The van der Waals surface area contributed by atoms with Crippen molar-refractivity contribution < 1.29 is 43.1 Å². The second kappa shape index (κ2) is 11.5. The molecule has 2 aromatic heterocycles. The standard InChI is InChI=1S/C22H24F3N3O7S/c1-26-8-13(30)17(32)18(14(31)9-29)35-21(34)15-7-12-19(33)27-16(28-20(12)36-15)6-10-3-2-4-11(5-10)22(23,24)25/h2-5,7,13-14,17-18,26,29-32H,6,8-9H2,1H3,(H,27,28,33). The molecule has 3 aromatic rings. The van der Waals surface area contributed by atoms with Crippen molar-refractivity contribution in [1.82, 2.24) is 15.3 Å². The van der Waals surface area contributed by atoms with Crippen molar-refractivity contribution in [2.75, 3.05) is 20.2 Å². The molecule has 196 valence electrons. The summed E-state index contributed by atoms with van der Waals surface area (Å²) in [4.78, 5) is 31.9. The highest BCUT2D eigenvalue weighted by molar-refractivity contribution is 7.20. The number of carbonyl (C=O) groups excluding carboxylic acids is 1. The van der Waals surface area contributed by atoms with Crippen LogP contribution in [0.25, 0.3) is 10.2 Å². The zero-order valence-electron chi connectivity index (χ0n) is 18.8. The predicted molar refractivity (Wildman–Crippen MR) is 123 cm³/mol. The van der Waals surface area contributed by atoms with Crippen molar-refractivity contribution in [1.29, 1.82) is 0 Å². The number of hydrogen-bond acceptors (Lipinski definition) is 10. The molecular weight excluding hydrogens is 507 g/mol. The highest BCUT2D eigenvalue weighted by atomic mass is 32.1. The number of hydrogen-bond donors (Lipinski definition) is 6. The van der Waals surface area contributed by atoms with Gasteiger partial charge in [0.05, 0.1) is 23.7 Å². The van der Waals surface area contributed by atoms with E-state index in [0.29, 0.717) is 0 Å². The lowest BCUT2D eigenvalue weighted by Gasteiger charge is -2.29. The van der Waals surface area contributed by atoms with Crippen LogP contribution in [-0.4, -0.2) is 81.0 Å². The highest BCUT2D eigenvalue weighted by Gasteiger charge is 2.35. The largest absolute Gasteiger partial charge is 0.452 e. The number of H-pyrrole nitrogens is 1. The van der Waals surface area contributed by atoms with Crippen LogP contribution >= 0.6 is 11.3 Å². The monoisotopic (exact) mass is 531 g/mol. The number of nitrogens with zero attached hydrogens (tertiary/aromatic N) is 1. The molecule has 2 heterocycles. The number of aliphatic hydroxyl groups excluding tert-OH is 4. The van der Waals surface area contributed by atoms with E-state index in [1.54, 1.807) is 0 Å². The van der Waals surface area contributed by atoms with Crippen LogP contribution in [0.5, 0.6) is 0 Å². The van der Waals surface area contributed by atoms with Crippen LogP contribution in [0.4, 0.5) is 13.2 Å². The third-order valence-electron chi connectivity index (χ3n) is 5.23. The fourth-order valence-electron chi connectivity index (χ4n) is 3.42. The van der Waals surface area contributed by atoms with Gasteiger partial charge in [0.15, 0.2) is 6.10 Å². The Morgan fingerprint density at radius 3 is 2.58 bits per heavy atom. The van der Waals surface area contributed by atoms with Gasteiger partial charge in [-0.05, 0) is 24.7 Å². The molecular formula is C22H24F3N3O7S. The number of halogens is 3. The number of carbonyl (C=O) groups is 1. The Bertz CT molecular complexity index is 1260. The summed E-state index contributed by atoms with van der Waals surface area (Å²) >= 11 is 0.757. The van der Waals surface area contributed by atoms with E-state index < -0.39 is 54.3 Å². The van der Waals surface area contributed by atoms with Crippen molar-refractivity contribution in [3.8, 4) is 0 Å². The first-order valence-electron chi connectivity index (χ1n) is 10.6. The van der Waals surface area contributed by atoms with E-state index in [2.05, 4.69) is 15.3 Å². The highest BCUT2D eigenvalue weighted by Crippen LogP contribution is 2.30. The number of likely N-dealkylation sites (N-methyl/N-ethyl adjacent to an activating group) is 1. The number of rotatable bonds is 10. The lowest BCUT2D eigenvalue weighted by atomic mass is 10.0. The summed E-state index contributed by atoms with van der Waals surface area (Å²) < 4.78 is 44.1. The van der Waals surface area contributed by atoms with E-state index in [-0.39, 0.29) is 39.4 Å². The third-order valence-corrected chi connectivity index (χ3v) is 6.24. The fraction of sp³-hybridized carbons (Fsp3) is 0.409. The van der Waals surface area contributed by atoms with Crippen LogP contribution in [-0.2, 0) is 17.3 Å². The van der Waals surface area contributed by atoms with Crippen molar-refractivity contribution in [3.05, 3.63) is 62.5 Å². The van der Waals surface area contributed by atoms with Gasteiger partial charge in [-0.1, -0.05) is 18.2 Å². The Labute approximate surface area is 206 Å². The molecule has 4 atom stereocenters. The predicted octanol–water partition coefficient (Wildman–Crippen LogP) is 0.414. The van der Waals surface area contributed by atoms with Crippen LogP contribution in [0, 0.1) is 0 Å². The molecule has 3 rings (SSSR count). The average Bonchev–Trinajstić information content (AvgIpc) is 3.26. The first-order chi connectivity index (χ1) is 16.9. The maximum absolute atomic E-state index is 13.0. The Morgan fingerprint density at radius 2 is 1.94 bits per heavy atom. The summed E-state index contributed by atoms with van der Waals surface area (Å²) in [5.41, 5.74) is -1.21. The van der Waals surface area contributed by atoms with Crippen LogP contribution < -0.4 is 10.9 Å². The number of nitrogens with one attached hydrogen (secondary N) is 2. The Kier molecular flexibility index (Phi) is 8.81. The summed E-state index contributed by atoms with van der Waals surface area (Å²) in [6, 6.07) is 5.75. The van der Waals surface area contributed by atoms with Gasteiger partial charge < -0.3 is 35.5 Å². The molecule has 0 aliphatic rings. The van der Waals surface area contributed by atoms with Gasteiger partial charge in [-0.3, -0.25) is 4.79 Å². The van der Waals surface area contributed by atoms with Crippen molar-refractivity contribution >= 4 is 27.5 Å². The lowest BCUT2D eigenvalue weighted by molar-refractivity contribution is -0.137. The molecule has 0 saturated heterocycles. The minimum absolute atomic E-state index is 0.0229. The summed E-state index contributed by atoms with van der Waals surface area (Å²) in [6.45, 7) is -0.960. The maximum atomic E-state index is 13.0. The van der Waals surface area contributed by atoms with Gasteiger partial charge in [-0.2, -0.15) is 13.2 Å². The third kappa shape index (κ3) is 6.46. The molecule has 0 spiro atoms. The zero-order chi connectivity index (χ0) is 26.6. The summed E-state index contributed by atoms with van der Waals surface area (Å²) in [5, 5.41) is 42.1. The van der Waals surface area contributed by atoms with Crippen LogP contribution in [0.1, 0.15) is 26.6 Å². The molecule has 0 aliphatic carbocycles. The van der Waals surface area contributed by atoms with E-state index in [4.69, 9.17) is 4.74 Å². The zero-order valence-corrected chi connectivity index (χ0v) is 19.6. The normalized spacial score (nSPS) is 15.4. The summed E-state index contributed by atoms with van der Waals surface area (Å²) in [7, 11) is 1.50. The van der Waals surface area contributed by atoms with Gasteiger partial charge in [0, 0.05) is 13.0 Å². The van der Waals surface area contributed by atoms with Gasteiger partial charge >= 0.3 is 12.1 Å². The SMILES string of the molecule is CNCC(O)C(O)C(OC(=O)c1cc2c(=O)[nH]c(Cc3cccc(C(F)(F)F)c3)nc2s1)C(O)CO. The lowest BCUT2D eigenvalue weighted by Crippen LogP contribution is -2.50. The number of fused-ring (bicyclic) bond motifs is 1. The van der Waals surface area contributed by atoms with Crippen LogP contribution in [0.3, 0.4) is 0 Å². The molecule has 0 bridgehead atoms. The number of thiophene rings is 1. The fourth-order valence-corrected chi connectivity index (χ4v) is 4.36. The second-order valence-electron chi connectivity index (χ2n) is 7.95. The molecule has 6 N–H and O–H groups in total. The molecule has 10 nitrogen and oxygen atoms in total. The Hall–Kier alpha value is -2.88. The number of aliphatic hydroxyl groups is 4. The molecule has 0 radical (unpaired) electrons. The number of benzene rings is 1. The molecule has 0 saturated carbocycles. The molecule has 1 aromatic carbocycles. The maximum Gasteiger partial charge on any atom is 0.416 e. The van der Waals surface area contributed by atoms with Crippen LogP contribution in [0.2, 0.25) is 0 Å². The molecule has 14 heteroatoms. The van der Waals surface area contributed by atoms with Crippen molar-refractivity contribution in [3.63, 3.8) is 0 Å². The molecule has 0 amide bonds. The molecule has 0 aliphatic heterocycles. The first-order valence-corrected chi connectivity index (χ1v) is 11.5. The average molecular weight is 532 g/mol. The van der Waals surface area contributed by atoms with E-state index >= 15 is 0 Å². The smallest absolute Gasteiger partial charge is 0.416 e. The van der Waals surface area contributed by atoms with Gasteiger partial charge in [0.25, 0.3) is 5.56 Å². The Balaban J connectivity index is 1.85. The number of esters is 1. The van der Waals surface area contributed by atoms with Crippen molar-refractivity contribution in [2.24, 2.45) is 0 Å². The molecule has 36 heavy (non-hydrogen) atoms. The Morgan fingerprint density at radius 1 is 1.22 bits per heavy atom. The van der Waals surface area contributed by atoms with E-state index in [1.807, 2.05) is 0 Å². The first kappa shape index (κ1) is 27.7. The second-order valence-corrected chi connectivity index (χ2v) is 8.98. The summed E-state index contributed by atoms with van der Waals surface area (Å²) in [5.74, 6) is -0.974. The number of aromatic nitrogens is 2. The van der Waals surface area contributed by atoms with E-state index in [9.17, 15) is 43.2 Å². The number of ether oxygens (including phenoxy) is 1. The van der Waals surface area contributed by atoms with Gasteiger partial charge in [0.2, 0.25) is 0 Å². The van der Waals surface area contributed by atoms with Gasteiger partial charge in [-0.15, -0.1) is 11.3 Å². The number of aromatic amines is 1. The molecule has 4 unspecified atom stereocenters. The minimum atomic E-state index is -4.53. The summed E-state index contributed by atoms with van der Waals surface area (Å²) in [6.07, 6.45) is -11.2. The van der Waals surface area contributed by atoms with E-state index in [1.165, 1.54) is 25.2 Å². The minimum Gasteiger partial charge on any atom is -0.452 e. The van der Waals surface area contributed by atoms with E-state index in [0.717, 1.165) is 23.5 Å². The van der Waals surface area contributed by atoms with Gasteiger partial charge in [-0.25, -0.2) is 9.78 Å². The van der Waals surface area contributed by atoms with Gasteiger partial charge in [0.1, 0.15) is 27.7 Å². The number of alkyl halides is 3. The topological polar surface area (TPSA) is 165 Å². The van der Waals surface area contributed by atoms with Crippen LogP contribution in [0.15, 0.2) is 35.1 Å². The quantitative estimate of drug-likeness (QED) is 0.203. The molecule has 0 fully saturated rings. The van der Waals surface area contributed by atoms with Crippen molar-refractivity contribution in [2.45, 2.75) is 37.0 Å².